The van der Waals surface area contributed by atoms with Crippen LogP contribution >= 0.6 is 0 Å². The number of carboxylic acids is 1. The molecule has 0 saturated carbocycles. The lowest BCUT2D eigenvalue weighted by molar-refractivity contribution is -0.131. The monoisotopic (exact) mass is 427 g/mol. The van der Waals surface area contributed by atoms with Crippen molar-refractivity contribution in [3.8, 4) is 5.75 Å². The van der Waals surface area contributed by atoms with Gasteiger partial charge in [0.2, 0.25) is 0 Å². The molecule has 1 atom stereocenters. The number of rotatable bonds is 11. The van der Waals surface area contributed by atoms with Crippen molar-refractivity contribution in [2.24, 2.45) is 0 Å². The van der Waals surface area contributed by atoms with Crippen LogP contribution in [-0.2, 0) is 9.53 Å². The molecule has 0 bridgehead atoms. The normalized spacial score (nSPS) is 11.6. The molecule has 3 N–H and O–H groups in total. The Hall–Kier alpha value is -3.65. The predicted molar refractivity (Wildman–Crippen MR) is 113 cm³/mol. The fraction of sp³-hybridized carbons (Fsp3) is 0.261. The molecule has 2 aromatic rings. The molecule has 0 fully saturated rings. The number of nitrogens with one attached hydrogen (secondary N) is 1. The van der Waals surface area contributed by atoms with E-state index in [-0.39, 0.29) is 13.2 Å². The summed E-state index contributed by atoms with van der Waals surface area (Å²) in [6.45, 7) is -0.102. The number of hydrogen-bond donors (Lipinski definition) is 3. The summed E-state index contributed by atoms with van der Waals surface area (Å²) in [5.41, 5.74) is 0.905. The van der Waals surface area contributed by atoms with Crippen molar-refractivity contribution in [1.29, 1.82) is 0 Å². The zero-order valence-corrected chi connectivity index (χ0v) is 16.9. The number of carbonyl (C=O) groups is 3. The number of ether oxygens (including phenoxy) is 2. The van der Waals surface area contributed by atoms with Crippen molar-refractivity contribution < 1.29 is 34.1 Å². The largest absolute Gasteiger partial charge is 0.491 e. The number of para-hydroxylation sites is 1. The number of aliphatic carboxylic acids is 1. The first-order chi connectivity index (χ1) is 15.0. The van der Waals surface area contributed by atoms with E-state index in [2.05, 4.69) is 5.32 Å². The number of unbranched alkanes of at least 4 members (excludes halogenated alkanes) is 1. The van der Waals surface area contributed by atoms with Crippen molar-refractivity contribution in [2.45, 2.75) is 25.4 Å². The van der Waals surface area contributed by atoms with Gasteiger partial charge < -0.3 is 19.7 Å². The molecule has 8 nitrogen and oxygen atoms in total. The summed E-state index contributed by atoms with van der Waals surface area (Å²) in [4.78, 5) is 35.2. The number of imide groups is 1. The first kappa shape index (κ1) is 23.6. The van der Waals surface area contributed by atoms with Gasteiger partial charge in [0.15, 0.2) is 0 Å². The van der Waals surface area contributed by atoms with Gasteiger partial charge >= 0.3 is 12.1 Å². The molecule has 8 heteroatoms. The van der Waals surface area contributed by atoms with Gasteiger partial charge in [0.1, 0.15) is 18.5 Å². The van der Waals surface area contributed by atoms with Crippen LogP contribution in [0.25, 0.3) is 0 Å². The molecule has 31 heavy (non-hydrogen) atoms. The minimum atomic E-state index is -1.03. The molecule has 0 unspecified atom stereocenters. The predicted octanol–water partition coefficient (Wildman–Crippen LogP) is 3.48. The molecule has 0 aromatic heterocycles. The Bertz CT molecular complexity index is 896. The Balaban J connectivity index is 2.10. The topological polar surface area (TPSA) is 122 Å². The van der Waals surface area contributed by atoms with Crippen LogP contribution in [0.5, 0.6) is 5.75 Å². The summed E-state index contributed by atoms with van der Waals surface area (Å²) in [6, 6.07) is 15.2. The van der Waals surface area contributed by atoms with E-state index in [4.69, 9.17) is 19.7 Å². The van der Waals surface area contributed by atoms with Crippen LogP contribution in [0.1, 0.15) is 41.3 Å². The number of amides is 2. The Kier molecular flexibility index (Phi) is 9.77. The lowest BCUT2D eigenvalue weighted by atomic mass is 10.0. The van der Waals surface area contributed by atoms with E-state index in [0.717, 1.165) is 6.08 Å². The number of allylic oxidation sites excluding steroid dienone is 1. The maximum Gasteiger partial charge on any atom is 0.414 e. The summed E-state index contributed by atoms with van der Waals surface area (Å²) in [7, 11) is 0. The van der Waals surface area contributed by atoms with Gasteiger partial charge in [-0.2, -0.15) is 0 Å². The lowest BCUT2D eigenvalue weighted by Crippen LogP contribution is -2.32. The molecule has 2 amide bonds. The summed E-state index contributed by atoms with van der Waals surface area (Å²) >= 11 is 0. The fourth-order valence-corrected chi connectivity index (χ4v) is 2.83. The molecule has 0 aliphatic heterocycles. The molecule has 2 aromatic carbocycles. The maximum absolute atomic E-state index is 12.4. The molecule has 0 aliphatic rings. The van der Waals surface area contributed by atoms with E-state index < -0.39 is 24.1 Å². The third-order valence-electron chi connectivity index (χ3n) is 4.21. The van der Waals surface area contributed by atoms with E-state index in [9.17, 15) is 14.4 Å². The number of hydrogen-bond acceptors (Lipinski definition) is 6. The highest BCUT2D eigenvalue weighted by atomic mass is 16.6. The van der Waals surface area contributed by atoms with Gasteiger partial charge in [-0.1, -0.05) is 42.5 Å². The SMILES string of the molecule is O=C(O)/C=C/CCC[C@H](OC(=O)NC(=O)c1ccccc1)c1ccccc1OCCO. The van der Waals surface area contributed by atoms with E-state index in [1.807, 2.05) is 0 Å². The number of aliphatic hydroxyl groups excluding tert-OH is 1. The fourth-order valence-electron chi connectivity index (χ4n) is 2.83. The van der Waals surface area contributed by atoms with Gasteiger partial charge in [-0.15, -0.1) is 0 Å². The second-order valence-corrected chi connectivity index (χ2v) is 6.50. The summed E-state index contributed by atoms with van der Waals surface area (Å²) in [6.07, 6.45) is 2.30. The summed E-state index contributed by atoms with van der Waals surface area (Å²) in [5, 5.41) is 19.9. The summed E-state index contributed by atoms with van der Waals surface area (Å²) in [5.74, 6) is -1.17. The smallest absolute Gasteiger partial charge is 0.414 e. The van der Waals surface area contributed by atoms with Crippen molar-refractivity contribution in [3.63, 3.8) is 0 Å². The van der Waals surface area contributed by atoms with E-state index in [0.29, 0.717) is 36.1 Å². The van der Waals surface area contributed by atoms with E-state index >= 15 is 0 Å². The van der Waals surface area contributed by atoms with Crippen molar-refractivity contribution in [2.75, 3.05) is 13.2 Å². The molecule has 0 spiro atoms. The number of aliphatic hydroxyl groups is 1. The van der Waals surface area contributed by atoms with Crippen LogP contribution in [0.4, 0.5) is 4.79 Å². The molecule has 164 valence electrons. The van der Waals surface area contributed by atoms with Crippen LogP contribution in [0.2, 0.25) is 0 Å². The van der Waals surface area contributed by atoms with Gasteiger partial charge in [0.25, 0.3) is 5.91 Å². The number of carboxylic acid groups (broad SMARTS) is 1. The standard InChI is InChI=1S/C23H25NO7/c25-15-16-30-19-12-8-7-11-18(19)20(13-5-2-6-14-21(26)27)31-23(29)24-22(28)17-9-3-1-4-10-17/h1,3-4,6-12,14,20,25H,2,5,13,15-16H2,(H,26,27)(H,24,28,29)/b14-6+/t20-/m0/s1. The quantitative estimate of drug-likeness (QED) is 0.371. The molecule has 0 heterocycles. The first-order valence-corrected chi connectivity index (χ1v) is 9.80. The second kappa shape index (κ2) is 12.8. The summed E-state index contributed by atoms with van der Waals surface area (Å²) < 4.78 is 11.1. The second-order valence-electron chi connectivity index (χ2n) is 6.50. The minimum absolute atomic E-state index is 0.0732. The highest BCUT2D eigenvalue weighted by Gasteiger charge is 2.22. The minimum Gasteiger partial charge on any atom is -0.491 e. The van der Waals surface area contributed by atoms with Gasteiger partial charge in [-0.25, -0.2) is 9.59 Å². The number of carbonyl (C=O) groups excluding carboxylic acids is 2. The third-order valence-corrected chi connectivity index (χ3v) is 4.21. The van der Waals surface area contributed by atoms with Gasteiger partial charge in [0, 0.05) is 17.2 Å². The van der Waals surface area contributed by atoms with Crippen LogP contribution < -0.4 is 10.1 Å². The Labute approximate surface area is 180 Å². The molecule has 2 rings (SSSR count). The van der Waals surface area contributed by atoms with Crippen LogP contribution in [0.3, 0.4) is 0 Å². The van der Waals surface area contributed by atoms with Crippen molar-refractivity contribution >= 4 is 18.0 Å². The Morgan fingerprint density at radius 3 is 2.45 bits per heavy atom. The average Bonchev–Trinajstić information content (AvgIpc) is 2.77. The zero-order chi connectivity index (χ0) is 22.5. The maximum atomic E-state index is 12.4. The first-order valence-electron chi connectivity index (χ1n) is 9.80. The highest BCUT2D eigenvalue weighted by Crippen LogP contribution is 2.31. The van der Waals surface area contributed by atoms with Crippen LogP contribution in [0.15, 0.2) is 66.7 Å². The van der Waals surface area contributed by atoms with E-state index in [1.165, 1.54) is 6.08 Å². The third kappa shape index (κ3) is 8.31. The van der Waals surface area contributed by atoms with Crippen LogP contribution in [0, 0.1) is 0 Å². The van der Waals surface area contributed by atoms with Gasteiger partial charge in [-0.3, -0.25) is 10.1 Å². The Morgan fingerprint density at radius 2 is 1.74 bits per heavy atom. The Morgan fingerprint density at radius 1 is 1.03 bits per heavy atom. The molecule has 0 aliphatic carbocycles. The van der Waals surface area contributed by atoms with Gasteiger partial charge in [0.05, 0.1) is 6.61 Å². The molecular formula is C23H25NO7. The molecule has 0 saturated heterocycles. The lowest BCUT2D eigenvalue weighted by Gasteiger charge is -2.21. The molecular weight excluding hydrogens is 402 g/mol. The molecule has 0 radical (unpaired) electrons. The van der Waals surface area contributed by atoms with Gasteiger partial charge in [-0.05, 0) is 37.5 Å². The van der Waals surface area contributed by atoms with E-state index in [1.54, 1.807) is 54.6 Å². The zero-order valence-electron chi connectivity index (χ0n) is 16.9. The van der Waals surface area contributed by atoms with Crippen molar-refractivity contribution in [3.05, 3.63) is 77.9 Å². The number of benzene rings is 2. The highest BCUT2D eigenvalue weighted by molar-refractivity contribution is 6.02. The van der Waals surface area contributed by atoms with Crippen molar-refractivity contribution in [1.82, 2.24) is 5.32 Å². The number of alkyl carbamates (subject to hydrolysis) is 1. The average molecular weight is 427 g/mol. The van der Waals surface area contributed by atoms with Crippen LogP contribution in [-0.4, -0.2) is 41.4 Å².